The highest BCUT2D eigenvalue weighted by Crippen LogP contribution is 2.38. The summed E-state index contributed by atoms with van der Waals surface area (Å²) in [7, 11) is 1.72. The Morgan fingerprint density at radius 1 is 1.13 bits per heavy atom. The second kappa shape index (κ2) is 12.8. The van der Waals surface area contributed by atoms with Gasteiger partial charge in [-0.2, -0.15) is 0 Å². The maximum absolute atomic E-state index is 13.0. The molecule has 202 valence electrons. The number of hydrogen-bond acceptors (Lipinski definition) is 8. The molecule has 2 aromatic heterocycles. The lowest BCUT2D eigenvalue weighted by Gasteiger charge is -2.33. The van der Waals surface area contributed by atoms with Crippen LogP contribution in [0.4, 0.5) is 5.82 Å². The van der Waals surface area contributed by atoms with Gasteiger partial charge in [-0.25, -0.2) is 9.97 Å². The largest absolute Gasteiger partial charge is 0.382 e. The second-order valence-corrected chi connectivity index (χ2v) is 11.1. The van der Waals surface area contributed by atoms with Crippen LogP contribution < -0.4 is 5.32 Å². The Labute approximate surface area is 229 Å². The molecule has 1 amide bonds. The van der Waals surface area contributed by atoms with Gasteiger partial charge in [0.05, 0.1) is 24.6 Å². The third-order valence-electron chi connectivity index (χ3n) is 7.42. The first kappa shape index (κ1) is 26.7. The standard InChI is InChI=1S/C29H38N6O2S/c1-3-12-33-15-17-34(18-16-33)13-7-10-26(36)35-14-11-23-25(19-35)38-29-27(23)28(30-21-31-29)32-24(20-37-2)22-8-5-4-6-9-22/h4-10,21,24H,3,11-20H2,1-2H3,(H,30,31,32)/b10-7+/t24-/m1/s1. The number of fused-ring (bicyclic) bond motifs is 3. The van der Waals surface area contributed by atoms with Crippen molar-refractivity contribution in [3.8, 4) is 0 Å². The summed E-state index contributed by atoms with van der Waals surface area (Å²) < 4.78 is 5.50. The Hall–Kier alpha value is -2.85. The van der Waals surface area contributed by atoms with E-state index in [4.69, 9.17) is 4.74 Å². The first-order valence-corrected chi connectivity index (χ1v) is 14.4. The van der Waals surface area contributed by atoms with E-state index in [2.05, 4.69) is 44.1 Å². The number of amides is 1. The van der Waals surface area contributed by atoms with Crippen LogP contribution in [0, 0.1) is 0 Å². The predicted molar refractivity (Wildman–Crippen MR) is 154 cm³/mol. The smallest absolute Gasteiger partial charge is 0.246 e. The molecule has 5 rings (SSSR count). The van der Waals surface area contributed by atoms with Crippen LogP contribution >= 0.6 is 11.3 Å². The van der Waals surface area contributed by atoms with Crippen molar-refractivity contribution >= 4 is 33.3 Å². The lowest BCUT2D eigenvalue weighted by molar-refractivity contribution is -0.126. The summed E-state index contributed by atoms with van der Waals surface area (Å²) in [5, 5.41) is 4.69. The van der Waals surface area contributed by atoms with Crippen LogP contribution in [0.25, 0.3) is 10.2 Å². The van der Waals surface area contributed by atoms with E-state index < -0.39 is 0 Å². The molecule has 0 spiro atoms. The van der Waals surface area contributed by atoms with E-state index in [9.17, 15) is 4.79 Å². The van der Waals surface area contributed by atoms with E-state index >= 15 is 0 Å². The van der Waals surface area contributed by atoms with E-state index in [0.29, 0.717) is 19.7 Å². The van der Waals surface area contributed by atoms with E-state index in [0.717, 1.165) is 60.7 Å². The zero-order valence-corrected chi connectivity index (χ0v) is 23.3. The van der Waals surface area contributed by atoms with E-state index in [1.165, 1.54) is 23.4 Å². The molecule has 2 aliphatic heterocycles. The van der Waals surface area contributed by atoms with Gasteiger partial charge < -0.3 is 19.9 Å². The fourth-order valence-electron chi connectivity index (χ4n) is 5.38. The summed E-state index contributed by atoms with van der Waals surface area (Å²) >= 11 is 1.67. The molecule has 0 aliphatic carbocycles. The number of anilines is 1. The molecule has 1 aromatic carbocycles. The van der Waals surface area contributed by atoms with Crippen LogP contribution in [-0.2, 0) is 22.5 Å². The highest BCUT2D eigenvalue weighted by Gasteiger charge is 2.26. The van der Waals surface area contributed by atoms with Gasteiger partial charge in [0.2, 0.25) is 5.91 Å². The number of methoxy groups -OCH3 is 1. The molecule has 0 unspecified atom stereocenters. The van der Waals surface area contributed by atoms with E-state index in [1.54, 1.807) is 30.8 Å². The molecule has 9 heteroatoms. The van der Waals surface area contributed by atoms with Gasteiger partial charge in [0, 0.05) is 57.3 Å². The van der Waals surface area contributed by atoms with Crippen molar-refractivity contribution in [3.05, 3.63) is 64.8 Å². The number of ether oxygens (including phenoxy) is 1. The molecule has 1 saturated heterocycles. The lowest BCUT2D eigenvalue weighted by atomic mass is 10.0. The monoisotopic (exact) mass is 534 g/mol. The van der Waals surface area contributed by atoms with Gasteiger partial charge in [-0.15, -0.1) is 11.3 Å². The average Bonchev–Trinajstić information content (AvgIpc) is 3.33. The third kappa shape index (κ3) is 6.23. The van der Waals surface area contributed by atoms with Crippen molar-refractivity contribution in [1.29, 1.82) is 0 Å². The quantitative estimate of drug-likeness (QED) is 0.395. The van der Waals surface area contributed by atoms with Crippen molar-refractivity contribution in [2.45, 2.75) is 32.4 Å². The first-order chi connectivity index (χ1) is 18.7. The summed E-state index contributed by atoms with van der Waals surface area (Å²) in [6, 6.07) is 10.3. The molecule has 1 fully saturated rings. The van der Waals surface area contributed by atoms with Crippen molar-refractivity contribution in [1.82, 2.24) is 24.7 Å². The van der Waals surface area contributed by atoms with Crippen molar-refractivity contribution in [3.63, 3.8) is 0 Å². The highest BCUT2D eigenvalue weighted by molar-refractivity contribution is 7.19. The Morgan fingerprint density at radius 3 is 2.68 bits per heavy atom. The number of nitrogens with one attached hydrogen (secondary N) is 1. The number of carbonyl (C=O) groups excluding carboxylic acids is 1. The Morgan fingerprint density at radius 2 is 1.92 bits per heavy atom. The number of carbonyl (C=O) groups is 1. The Balaban J connectivity index is 1.24. The summed E-state index contributed by atoms with van der Waals surface area (Å²) in [6.07, 6.45) is 7.42. The van der Waals surface area contributed by atoms with Crippen molar-refractivity contribution in [2.24, 2.45) is 0 Å². The first-order valence-electron chi connectivity index (χ1n) is 13.6. The van der Waals surface area contributed by atoms with E-state index in [1.807, 2.05) is 29.2 Å². The number of thiophene rings is 1. The number of piperazine rings is 1. The molecule has 0 bridgehead atoms. The molecule has 38 heavy (non-hydrogen) atoms. The minimum Gasteiger partial charge on any atom is -0.382 e. The molecule has 3 aromatic rings. The minimum atomic E-state index is -0.0173. The van der Waals surface area contributed by atoms with Crippen LogP contribution in [0.2, 0.25) is 0 Å². The molecule has 0 radical (unpaired) electrons. The van der Waals surface area contributed by atoms with Crippen molar-refractivity contribution < 1.29 is 9.53 Å². The zero-order chi connectivity index (χ0) is 26.3. The number of rotatable bonds is 10. The summed E-state index contributed by atoms with van der Waals surface area (Å²) in [4.78, 5) is 31.3. The number of benzene rings is 1. The minimum absolute atomic E-state index is 0.0173. The maximum atomic E-state index is 13.0. The molecular formula is C29H38N6O2S. The van der Waals surface area contributed by atoms with Gasteiger partial charge in [-0.1, -0.05) is 43.3 Å². The summed E-state index contributed by atoms with van der Waals surface area (Å²) in [5.74, 6) is 0.920. The number of hydrogen-bond donors (Lipinski definition) is 1. The van der Waals surface area contributed by atoms with Gasteiger partial charge >= 0.3 is 0 Å². The molecule has 0 saturated carbocycles. The number of aromatic nitrogens is 2. The van der Waals surface area contributed by atoms with Gasteiger partial charge in [-0.05, 0) is 30.5 Å². The molecular weight excluding hydrogens is 496 g/mol. The van der Waals surface area contributed by atoms with E-state index in [-0.39, 0.29) is 11.9 Å². The summed E-state index contributed by atoms with van der Waals surface area (Å²) in [6.45, 7) is 10.5. The Bertz CT molecular complexity index is 1240. The van der Waals surface area contributed by atoms with Crippen LogP contribution in [0.1, 0.15) is 35.4 Å². The highest BCUT2D eigenvalue weighted by atomic mass is 32.1. The van der Waals surface area contributed by atoms with Gasteiger partial charge in [0.25, 0.3) is 0 Å². The molecule has 2 aliphatic rings. The van der Waals surface area contributed by atoms with Crippen LogP contribution in [0.3, 0.4) is 0 Å². The topological polar surface area (TPSA) is 73.8 Å². The fourth-order valence-corrected chi connectivity index (χ4v) is 6.59. The Kier molecular flexibility index (Phi) is 9.01. The fraction of sp³-hybridized carbons (Fsp3) is 0.483. The molecule has 8 nitrogen and oxygen atoms in total. The average molecular weight is 535 g/mol. The summed E-state index contributed by atoms with van der Waals surface area (Å²) in [5.41, 5.74) is 2.41. The van der Waals surface area contributed by atoms with Crippen molar-refractivity contribution in [2.75, 3.05) is 64.8 Å². The molecule has 4 heterocycles. The molecule has 1 atom stereocenters. The SMILES string of the molecule is CCCN1CCN(C/C=C/C(=O)N2CCc3c(sc4ncnc(N[C@H](COC)c5ccccc5)c34)C2)CC1. The maximum Gasteiger partial charge on any atom is 0.246 e. The second-order valence-electron chi connectivity index (χ2n) is 10.0. The van der Waals surface area contributed by atoms with Gasteiger partial charge in [0.1, 0.15) is 17.0 Å². The third-order valence-corrected chi connectivity index (χ3v) is 8.55. The number of nitrogens with zero attached hydrogens (tertiary/aromatic N) is 5. The van der Waals surface area contributed by atoms with Gasteiger partial charge in [0.15, 0.2) is 0 Å². The van der Waals surface area contributed by atoms with Crippen LogP contribution in [0.5, 0.6) is 0 Å². The molecule has 1 N–H and O–H groups in total. The normalized spacial score (nSPS) is 17.7. The zero-order valence-electron chi connectivity index (χ0n) is 22.4. The predicted octanol–water partition coefficient (Wildman–Crippen LogP) is 3.96. The van der Waals surface area contributed by atoms with Gasteiger partial charge in [-0.3, -0.25) is 9.69 Å². The van der Waals surface area contributed by atoms with Crippen LogP contribution in [0.15, 0.2) is 48.8 Å². The lowest BCUT2D eigenvalue weighted by Crippen LogP contribution is -2.46. The van der Waals surface area contributed by atoms with Crippen LogP contribution in [-0.4, -0.2) is 90.1 Å².